The Labute approximate surface area is 148 Å². The Morgan fingerprint density at radius 2 is 2.08 bits per heavy atom. The van der Waals surface area contributed by atoms with Crippen molar-refractivity contribution in [1.29, 1.82) is 0 Å². The molecule has 0 fully saturated rings. The highest BCUT2D eigenvalue weighted by atomic mass is 16.5. The van der Waals surface area contributed by atoms with Crippen LogP contribution < -0.4 is 10.9 Å². The van der Waals surface area contributed by atoms with E-state index in [0.29, 0.717) is 22.2 Å². The Hall–Kier alpha value is -3.55. The van der Waals surface area contributed by atoms with Crippen molar-refractivity contribution >= 4 is 28.5 Å². The fourth-order valence-electron chi connectivity index (χ4n) is 2.47. The third-order valence-corrected chi connectivity index (χ3v) is 3.87. The van der Waals surface area contributed by atoms with Gasteiger partial charge in [0.05, 0.1) is 36.1 Å². The first-order valence-corrected chi connectivity index (χ1v) is 7.77. The maximum atomic E-state index is 12.4. The number of carbonyl (C=O) groups excluding carboxylic acids is 2. The number of esters is 1. The topological polar surface area (TPSA) is 103 Å². The van der Waals surface area contributed by atoms with Gasteiger partial charge in [0.15, 0.2) is 0 Å². The molecule has 3 rings (SSSR count). The lowest BCUT2D eigenvalue weighted by Gasteiger charge is -2.11. The van der Waals surface area contributed by atoms with Crippen LogP contribution >= 0.6 is 0 Å². The van der Waals surface area contributed by atoms with Gasteiger partial charge in [-0.3, -0.25) is 19.1 Å². The number of rotatable bonds is 4. The van der Waals surface area contributed by atoms with Crippen molar-refractivity contribution in [2.45, 2.75) is 13.5 Å². The number of aryl methyl sites for hydroxylation is 1. The standard InChI is InChI=1S/C18H16N4O4/c1-11-3-4-12(18(25)26-2)7-14(11)21-16(23)9-22-10-20-15-8-19-6-5-13(15)17(22)24/h3-8,10H,9H2,1-2H3,(H,21,23). The van der Waals surface area contributed by atoms with Gasteiger partial charge in [0.2, 0.25) is 5.91 Å². The minimum absolute atomic E-state index is 0.202. The monoisotopic (exact) mass is 352 g/mol. The minimum atomic E-state index is -0.496. The van der Waals surface area contributed by atoms with E-state index in [1.54, 1.807) is 25.1 Å². The quantitative estimate of drug-likeness (QED) is 0.714. The molecule has 0 aliphatic heterocycles. The van der Waals surface area contributed by atoms with E-state index in [4.69, 9.17) is 0 Å². The van der Waals surface area contributed by atoms with Crippen LogP contribution in [0.2, 0.25) is 0 Å². The van der Waals surface area contributed by atoms with Crippen molar-refractivity contribution in [2.75, 3.05) is 12.4 Å². The molecule has 0 radical (unpaired) electrons. The third-order valence-electron chi connectivity index (χ3n) is 3.87. The van der Waals surface area contributed by atoms with E-state index in [1.807, 2.05) is 0 Å². The molecule has 132 valence electrons. The number of fused-ring (bicyclic) bond motifs is 1. The van der Waals surface area contributed by atoms with Gasteiger partial charge in [0.25, 0.3) is 5.56 Å². The fraction of sp³-hybridized carbons (Fsp3) is 0.167. The Kier molecular flexibility index (Phi) is 4.74. The van der Waals surface area contributed by atoms with E-state index >= 15 is 0 Å². The smallest absolute Gasteiger partial charge is 0.337 e. The maximum absolute atomic E-state index is 12.4. The molecule has 0 saturated carbocycles. The molecule has 0 bridgehead atoms. The molecular weight excluding hydrogens is 336 g/mol. The van der Waals surface area contributed by atoms with Crippen molar-refractivity contribution in [3.05, 3.63) is 64.5 Å². The van der Waals surface area contributed by atoms with E-state index in [2.05, 4.69) is 20.0 Å². The highest BCUT2D eigenvalue weighted by molar-refractivity contribution is 5.95. The van der Waals surface area contributed by atoms with Crippen molar-refractivity contribution in [1.82, 2.24) is 14.5 Å². The Balaban J connectivity index is 1.83. The van der Waals surface area contributed by atoms with Crippen molar-refractivity contribution in [3.8, 4) is 0 Å². The highest BCUT2D eigenvalue weighted by Gasteiger charge is 2.12. The first-order valence-electron chi connectivity index (χ1n) is 7.77. The van der Waals surface area contributed by atoms with Crippen molar-refractivity contribution < 1.29 is 14.3 Å². The van der Waals surface area contributed by atoms with Crippen molar-refractivity contribution in [2.24, 2.45) is 0 Å². The average Bonchev–Trinajstić information content (AvgIpc) is 2.65. The van der Waals surface area contributed by atoms with Crippen LogP contribution in [0.25, 0.3) is 10.9 Å². The number of aromatic nitrogens is 3. The van der Waals surface area contributed by atoms with Gasteiger partial charge in [-0.05, 0) is 30.7 Å². The van der Waals surface area contributed by atoms with E-state index in [0.717, 1.165) is 5.56 Å². The van der Waals surface area contributed by atoms with E-state index < -0.39 is 11.9 Å². The number of benzene rings is 1. The number of methoxy groups -OCH3 is 1. The third kappa shape index (κ3) is 3.44. The SMILES string of the molecule is COC(=O)c1ccc(C)c(NC(=O)Cn2cnc3cnccc3c2=O)c1. The van der Waals surface area contributed by atoms with Crippen LogP contribution in [0, 0.1) is 6.92 Å². The van der Waals surface area contributed by atoms with Crippen LogP contribution in [0.5, 0.6) is 0 Å². The number of anilines is 1. The summed E-state index contributed by atoms with van der Waals surface area (Å²) in [7, 11) is 1.29. The first-order chi connectivity index (χ1) is 12.5. The number of hydrogen-bond donors (Lipinski definition) is 1. The summed E-state index contributed by atoms with van der Waals surface area (Å²) in [6, 6.07) is 6.41. The average molecular weight is 352 g/mol. The van der Waals surface area contributed by atoms with Crippen LogP contribution in [0.3, 0.4) is 0 Å². The summed E-state index contributed by atoms with van der Waals surface area (Å²) in [4.78, 5) is 44.4. The largest absolute Gasteiger partial charge is 0.465 e. The number of ether oxygens (including phenoxy) is 1. The highest BCUT2D eigenvalue weighted by Crippen LogP contribution is 2.17. The van der Waals surface area contributed by atoms with E-state index in [-0.39, 0.29) is 12.1 Å². The van der Waals surface area contributed by atoms with Gasteiger partial charge in [-0.2, -0.15) is 0 Å². The van der Waals surface area contributed by atoms with Gasteiger partial charge in [-0.25, -0.2) is 9.78 Å². The molecule has 8 nitrogen and oxygen atoms in total. The second-order valence-electron chi connectivity index (χ2n) is 5.64. The molecule has 2 heterocycles. The van der Waals surface area contributed by atoms with Gasteiger partial charge in [0.1, 0.15) is 6.54 Å². The minimum Gasteiger partial charge on any atom is -0.465 e. The normalized spacial score (nSPS) is 10.5. The molecule has 0 saturated heterocycles. The molecule has 1 N–H and O–H groups in total. The molecule has 2 aromatic heterocycles. The van der Waals surface area contributed by atoms with Crippen LogP contribution in [0.4, 0.5) is 5.69 Å². The lowest BCUT2D eigenvalue weighted by Crippen LogP contribution is -2.28. The summed E-state index contributed by atoms with van der Waals surface area (Å²) in [6.45, 7) is 1.60. The molecule has 1 amide bonds. The predicted molar refractivity (Wildman–Crippen MR) is 94.9 cm³/mol. The number of pyridine rings is 1. The van der Waals surface area contributed by atoms with Gasteiger partial charge >= 0.3 is 5.97 Å². The zero-order valence-corrected chi connectivity index (χ0v) is 14.2. The van der Waals surface area contributed by atoms with Gasteiger partial charge in [-0.15, -0.1) is 0 Å². The molecule has 0 spiro atoms. The Morgan fingerprint density at radius 3 is 2.85 bits per heavy atom. The summed E-state index contributed by atoms with van der Waals surface area (Å²) < 4.78 is 5.90. The lowest BCUT2D eigenvalue weighted by molar-refractivity contribution is -0.116. The van der Waals surface area contributed by atoms with E-state index in [9.17, 15) is 14.4 Å². The number of nitrogens with one attached hydrogen (secondary N) is 1. The molecule has 0 aliphatic carbocycles. The van der Waals surface area contributed by atoms with Crippen molar-refractivity contribution in [3.63, 3.8) is 0 Å². The Bertz CT molecular complexity index is 1060. The lowest BCUT2D eigenvalue weighted by atomic mass is 10.1. The number of nitrogens with zero attached hydrogens (tertiary/aromatic N) is 3. The molecular formula is C18H16N4O4. The Morgan fingerprint density at radius 1 is 1.27 bits per heavy atom. The molecule has 0 unspecified atom stereocenters. The molecule has 3 aromatic rings. The van der Waals surface area contributed by atoms with E-state index in [1.165, 1.54) is 36.5 Å². The molecule has 0 atom stereocenters. The summed E-state index contributed by atoms with van der Waals surface area (Å²) in [5.41, 5.74) is 1.72. The zero-order valence-electron chi connectivity index (χ0n) is 14.2. The second-order valence-corrected chi connectivity index (χ2v) is 5.64. The zero-order chi connectivity index (χ0) is 18.7. The van der Waals surface area contributed by atoms with Crippen LogP contribution in [-0.4, -0.2) is 33.5 Å². The first kappa shape index (κ1) is 17.3. The predicted octanol–water partition coefficient (Wildman–Crippen LogP) is 1.53. The summed E-state index contributed by atoms with van der Waals surface area (Å²) in [6.07, 6.45) is 4.30. The fourth-order valence-corrected chi connectivity index (χ4v) is 2.47. The summed E-state index contributed by atoms with van der Waals surface area (Å²) in [5, 5.41) is 3.09. The number of hydrogen-bond acceptors (Lipinski definition) is 6. The summed E-state index contributed by atoms with van der Waals surface area (Å²) in [5.74, 6) is -0.906. The number of amides is 1. The molecule has 0 aliphatic rings. The van der Waals surface area contributed by atoms with Gasteiger partial charge in [0, 0.05) is 11.9 Å². The second kappa shape index (κ2) is 7.14. The summed E-state index contributed by atoms with van der Waals surface area (Å²) >= 11 is 0. The molecule has 1 aromatic carbocycles. The van der Waals surface area contributed by atoms with Gasteiger partial charge < -0.3 is 10.1 Å². The molecule has 8 heteroatoms. The number of carbonyl (C=O) groups is 2. The maximum Gasteiger partial charge on any atom is 0.337 e. The van der Waals surface area contributed by atoms with Crippen LogP contribution in [0.1, 0.15) is 15.9 Å². The molecule has 26 heavy (non-hydrogen) atoms. The van der Waals surface area contributed by atoms with Crippen LogP contribution in [0.15, 0.2) is 47.8 Å². The van der Waals surface area contributed by atoms with Gasteiger partial charge in [-0.1, -0.05) is 6.07 Å². The van der Waals surface area contributed by atoms with Crippen LogP contribution in [-0.2, 0) is 16.1 Å².